The summed E-state index contributed by atoms with van der Waals surface area (Å²) >= 11 is 0. The molecule has 1 fully saturated rings. The first-order valence-corrected chi connectivity index (χ1v) is 7.06. The summed E-state index contributed by atoms with van der Waals surface area (Å²) in [6.45, 7) is 2.46. The average Bonchev–Trinajstić information content (AvgIpc) is 3.18. The Morgan fingerprint density at radius 3 is 2.65 bits per heavy atom. The molecule has 0 aliphatic heterocycles. The van der Waals surface area contributed by atoms with E-state index in [1.807, 2.05) is 36.4 Å². The van der Waals surface area contributed by atoms with Crippen LogP contribution >= 0.6 is 0 Å². The maximum absolute atomic E-state index is 5.76. The molecular weight excluding hydrogens is 252 g/mol. The van der Waals surface area contributed by atoms with Gasteiger partial charge in [0.1, 0.15) is 18.1 Å². The minimum absolute atomic E-state index is 0.682. The summed E-state index contributed by atoms with van der Waals surface area (Å²) < 4.78 is 11.2. The molecule has 3 rings (SSSR count). The highest BCUT2D eigenvalue weighted by Crippen LogP contribution is 2.28. The number of rotatable bonds is 7. The zero-order chi connectivity index (χ0) is 13.8. The molecule has 4 nitrogen and oxygen atoms in total. The Kier molecular flexibility index (Phi) is 3.92. The third-order valence-corrected chi connectivity index (χ3v) is 3.53. The number of ether oxygens (including phenoxy) is 1. The van der Waals surface area contributed by atoms with Gasteiger partial charge in [-0.2, -0.15) is 0 Å². The molecule has 2 aromatic rings. The van der Waals surface area contributed by atoms with E-state index in [4.69, 9.17) is 14.9 Å². The predicted molar refractivity (Wildman–Crippen MR) is 78.5 cm³/mol. The van der Waals surface area contributed by atoms with Gasteiger partial charge in [0, 0.05) is 18.3 Å². The number of nitrogen functional groups attached to an aromatic ring is 1. The second kappa shape index (κ2) is 6.01. The van der Waals surface area contributed by atoms with Gasteiger partial charge in [0.15, 0.2) is 0 Å². The van der Waals surface area contributed by atoms with Crippen LogP contribution in [-0.4, -0.2) is 24.1 Å². The van der Waals surface area contributed by atoms with Gasteiger partial charge < -0.3 is 14.9 Å². The highest BCUT2D eigenvalue weighted by atomic mass is 16.5. The monoisotopic (exact) mass is 272 g/mol. The van der Waals surface area contributed by atoms with Crippen molar-refractivity contribution in [3.63, 3.8) is 0 Å². The molecule has 0 amide bonds. The molecule has 106 valence electrons. The smallest absolute Gasteiger partial charge is 0.119 e. The lowest BCUT2D eigenvalue weighted by Gasteiger charge is -2.20. The molecule has 20 heavy (non-hydrogen) atoms. The second-order valence-electron chi connectivity index (χ2n) is 5.20. The van der Waals surface area contributed by atoms with Crippen LogP contribution in [-0.2, 0) is 6.54 Å². The number of benzene rings is 1. The van der Waals surface area contributed by atoms with Crippen LogP contribution < -0.4 is 10.5 Å². The van der Waals surface area contributed by atoms with Gasteiger partial charge in [-0.05, 0) is 49.2 Å². The van der Waals surface area contributed by atoms with Gasteiger partial charge in [0.05, 0.1) is 12.8 Å². The van der Waals surface area contributed by atoms with Crippen molar-refractivity contribution in [3.8, 4) is 5.75 Å². The molecule has 4 heteroatoms. The fraction of sp³-hybridized carbons (Fsp3) is 0.375. The van der Waals surface area contributed by atoms with Crippen LogP contribution in [0.25, 0.3) is 0 Å². The SMILES string of the molecule is Nc1ccc(OCCN(Cc2ccco2)C2CC2)cc1. The summed E-state index contributed by atoms with van der Waals surface area (Å²) in [5.74, 6) is 1.89. The Labute approximate surface area is 119 Å². The Balaban J connectivity index is 1.48. The standard InChI is InChI=1S/C16H20N2O2/c17-13-3-7-15(8-4-13)20-11-9-18(14-5-6-14)12-16-2-1-10-19-16/h1-4,7-8,10,14H,5-6,9,11-12,17H2. The van der Waals surface area contributed by atoms with Crippen molar-refractivity contribution < 1.29 is 9.15 Å². The van der Waals surface area contributed by atoms with Crippen molar-refractivity contribution in [2.75, 3.05) is 18.9 Å². The summed E-state index contributed by atoms with van der Waals surface area (Å²) in [6, 6.07) is 12.2. The van der Waals surface area contributed by atoms with Gasteiger partial charge in [-0.25, -0.2) is 0 Å². The van der Waals surface area contributed by atoms with Gasteiger partial charge in [-0.15, -0.1) is 0 Å². The Morgan fingerprint density at radius 2 is 2.00 bits per heavy atom. The summed E-state index contributed by atoms with van der Waals surface area (Å²) in [5.41, 5.74) is 6.41. The first kappa shape index (κ1) is 13.1. The quantitative estimate of drug-likeness (QED) is 0.787. The van der Waals surface area contributed by atoms with Crippen LogP contribution in [0.3, 0.4) is 0 Å². The number of anilines is 1. The Hall–Kier alpha value is -1.94. The zero-order valence-electron chi connectivity index (χ0n) is 11.5. The minimum Gasteiger partial charge on any atom is -0.492 e. The lowest BCUT2D eigenvalue weighted by atomic mass is 10.3. The lowest BCUT2D eigenvalue weighted by molar-refractivity contribution is 0.184. The molecule has 0 atom stereocenters. The van der Waals surface area contributed by atoms with E-state index in [1.54, 1.807) is 6.26 Å². The molecule has 1 heterocycles. The second-order valence-corrected chi connectivity index (χ2v) is 5.20. The summed E-state index contributed by atoms with van der Waals surface area (Å²) in [7, 11) is 0. The topological polar surface area (TPSA) is 51.6 Å². The Morgan fingerprint density at radius 1 is 1.20 bits per heavy atom. The molecule has 0 unspecified atom stereocenters. The van der Waals surface area contributed by atoms with Crippen LogP contribution in [0.2, 0.25) is 0 Å². The van der Waals surface area contributed by atoms with Crippen LogP contribution in [0.4, 0.5) is 5.69 Å². The van der Waals surface area contributed by atoms with Crippen LogP contribution in [0.5, 0.6) is 5.75 Å². The van der Waals surface area contributed by atoms with Crippen LogP contribution in [0.1, 0.15) is 18.6 Å². The predicted octanol–water partition coefficient (Wildman–Crippen LogP) is 2.91. The molecule has 1 saturated carbocycles. The number of hydrogen-bond acceptors (Lipinski definition) is 4. The van der Waals surface area contributed by atoms with Crippen LogP contribution in [0.15, 0.2) is 47.1 Å². The van der Waals surface area contributed by atoms with Crippen molar-refractivity contribution in [2.45, 2.75) is 25.4 Å². The van der Waals surface area contributed by atoms with Crippen molar-refractivity contribution in [1.29, 1.82) is 0 Å². The first-order valence-electron chi connectivity index (χ1n) is 7.06. The summed E-state index contributed by atoms with van der Waals surface area (Å²) in [6.07, 6.45) is 4.29. The largest absolute Gasteiger partial charge is 0.492 e. The van der Waals surface area contributed by atoms with Crippen molar-refractivity contribution in [3.05, 3.63) is 48.4 Å². The number of furan rings is 1. The lowest BCUT2D eigenvalue weighted by Crippen LogP contribution is -2.30. The van der Waals surface area contributed by atoms with E-state index in [9.17, 15) is 0 Å². The molecule has 1 aromatic heterocycles. The molecule has 0 radical (unpaired) electrons. The van der Waals surface area contributed by atoms with E-state index in [2.05, 4.69) is 4.90 Å². The number of nitrogens with two attached hydrogens (primary N) is 1. The third kappa shape index (κ3) is 3.54. The normalized spacial score (nSPS) is 14.7. The highest BCUT2D eigenvalue weighted by molar-refractivity contribution is 5.41. The molecule has 0 bridgehead atoms. The van der Waals surface area contributed by atoms with Gasteiger partial charge in [0.2, 0.25) is 0 Å². The molecule has 0 saturated heterocycles. The van der Waals surface area contributed by atoms with E-state index in [0.717, 1.165) is 30.3 Å². The van der Waals surface area contributed by atoms with Crippen molar-refractivity contribution in [1.82, 2.24) is 4.90 Å². The van der Waals surface area contributed by atoms with Crippen molar-refractivity contribution in [2.24, 2.45) is 0 Å². The van der Waals surface area contributed by atoms with E-state index in [-0.39, 0.29) is 0 Å². The summed E-state index contributed by atoms with van der Waals surface area (Å²) in [4.78, 5) is 2.43. The maximum Gasteiger partial charge on any atom is 0.119 e. The fourth-order valence-electron chi connectivity index (χ4n) is 2.28. The van der Waals surface area contributed by atoms with E-state index in [1.165, 1.54) is 12.8 Å². The molecular formula is C16H20N2O2. The number of nitrogens with zero attached hydrogens (tertiary/aromatic N) is 1. The molecule has 1 aliphatic carbocycles. The zero-order valence-corrected chi connectivity index (χ0v) is 11.5. The molecule has 1 aliphatic rings. The van der Waals surface area contributed by atoms with Crippen molar-refractivity contribution >= 4 is 5.69 Å². The average molecular weight is 272 g/mol. The van der Waals surface area contributed by atoms with Gasteiger partial charge in [0.25, 0.3) is 0 Å². The third-order valence-electron chi connectivity index (χ3n) is 3.53. The maximum atomic E-state index is 5.76. The molecule has 1 aromatic carbocycles. The fourth-order valence-corrected chi connectivity index (χ4v) is 2.28. The van der Waals surface area contributed by atoms with Crippen LogP contribution in [0, 0.1) is 0 Å². The van der Waals surface area contributed by atoms with Gasteiger partial charge in [-0.3, -0.25) is 4.90 Å². The summed E-state index contributed by atoms with van der Waals surface area (Å²) in [5, 5.41) is 0. The first-order chi connectivity index (χ1) is 9.81. The van der Waals surface area contributed by atoms with E-state index < -0.39 is 0 Å². The highest BCUT2D eigenvalue weighted by Gasteiger charge is 2.29. The van der Waals surface area contributed by atoms with E-state index >= 15 is 0 Å². The van der Waals surface area contributed by atoms with Gasteiger partial charge >= 0.3 is 0 Å². The molecule has 2 N–H and O–H groups in total. The number of hydrogen-bond donors (Lipinski definition) is 1. The van der Waals surface area contributed by atoms with E-state index in [0.29, 0.717) is 12.6 Å². The minimum atomic E-state index is 0.682. The van der Waals surface area contributed by atoms with Gasteiger partial charge in [-0.1, -0.05) is 0 Å². The molecule has 0 spiro atoms. The Bertz CT molecular complexity index is 518.